The van der Waals surface area contributed by atoms with Gasteiger partial charge in [0, 0.05) is 0 Å². The predicted molar refractivity (Wildman–Crippen MR) is 191 cm³/mol. The fraction of sp³-hybridized carbons (Fsp3) is 1.00. The van der Waals surface area contributed by atoms with Crippen molar-refractivity contribution in [3.05, 3.63) is 0 Å². The lowest BCUT2D eigenvalue weighted by Crippen LogP contribution is -2.03. The van der Waals surface area contributed by atoms with Gasteiger partial charge in [-0.05, 0) is 19.3 Å². The second-order valence-corrected chi connectivity index (χ2v) is 15.6. The number of rotatable bonds is 38. The Morgan fingerprint density at radius 3 is 0.955 bits per heavy atom. The molecule has 0 amide bonds. The van der Waals surface area contributed by atoms with Crippen molar-refractivity contribution >= 4 is 16.4 Å². The highest BCUT2D eigenvalue weighted by atomic mass is 31.3. The van der Waals surface area contributed by atoms with E-state index in [-0.39, 0.29) is 0 Å². The van der Waals surface area contributed by atoms with Crippen molar-refractivity contribution < 1.29 is 27.3 Å². The molecule has 0 rings (SSSR count). The first-order chi connectivity index (χ1) is 21.6. The summed E-state index contributed by atoms with van der Waals surface area (Å²) in [5, 5.41) is 0. The highest BCUT2D eigenvalue weighted by molar-refractivity contribution is 7.58. The summed E-state index contributed by atoms with van der Waals surface area (Å²) >= 11 is 0. The summed E-state index contributed by atoms with van der Waals surface area (Å²) in [6, 6.07) is 0. The van der Waals surface area contributed by atoms with E-state index in [2.05, 4.69) is 20.8 Å². The van der Waals surface area contributed by atoms with Crippen LogP contribution in [0.4, 0.5) is 0 Å². The monoisotopic (exact) mass is 667 g/mol. The van der Waals surface area contributed by atoms with Gasteiger partial charge in [0.05, 0.1) is 19.8 Å². The molecule has 6 nitrogen and oxygen atoms in total. The maximum Gasteiger partial charge on any atom is 0.481 e. The van der Waals surface area contributed by atoms with Crippen molar-refractivity contribution in [3.8, 4) is 0 Å². The maximum atomic E-state index is 13.4. The molecule has 0 aromatic rings. The minimum atomic E-state index is -3.86. The van der Waals surface area contributed by atoms with E-state index in [0.29, 0.717) is 19.8 Å². The molecule has 0 saturated heterocycles. The molecule has 1 N–H and O–H groups in total. The van der Waals surface area contributed by atoms with Crippen LogP contribution in [-0.2, 0) is 22.4 Å². The normalized spacial score (nSPS) is 12.7. The van der Waals surface area contributed by atoms with Crippen molar-refractivity contribution in [1.82, 2.24) is 0 Å². The zero-order valence-corrected chi connectivity index (χ0v) is 31.5. The van der Waals surface area contributed by atoms with Crippen molar-refractivity contribution in [3.63, 3.8) is 0 Å². The Bertz CT molecular complexity index is 565. The third-order valence-electron chi connectivity index (χ3n) is 8.36. The summed E-state index contributed by atoms with van der Waals surface area (Å²) in [5.41, 5.74) is 0. The standard InChI is InChI=1S/C36H76O6P2/c1-4-7-10-13-16-19-22-25-28-31-34-39-43(37)42-44(38,40-35-32-29-26-23-20-17-14-11-8-5-2)41-36-33-30-27-24-21-18-15-12-9-6-3/h37H,4-36H2,1-3H3. The van der Waals surface area contributed by atoms with Crippen LogP contribution in [0, 0.1) is 0 Å². The molecule has 0 fully saturated rings. The molecule has 44 heavy (non-hydrogen) atoms. The smallest absolute Gasteiger partial charge is 0.328 e. The summed E-state index contributed by atoms with van der Waals surface area (Å²) < 4.78 is 35.6. The van der Waals surface area contributed by atoms with Gasteiger partial charge >= 0.3 is 16.4 Å². The van der Waals surface area contributed by atoms with Gasteiger partial charge in [-0.1, -0.05) is 194 Å². The number of phosphoric acid groups is 1. The highest BCUT2D eigenvalue weighted by Gasteiger charge is 2.31. The van der Waals surface area contributed by atoms with Crippen LogP contribution >= 0.6 is 16.4 Å². The van der Waals surface area contributed by atoms with Gasteiger partial charge < -0.3 is 9.42 Å². The number of hydrogen-bond acceptors (Lipinski definition) is 6. The molecule has 0 radical (unpaired) electrons. The first-order valence-corrected chi connectivity index (χ1v) is 21.9. The van der Waals surface area contributed by atoms with Gasteiger partial charge in [-0.3, -0.25) is 9.05 Å². The van der Waals surface area contributed by atoms with Crippen LogP contribution in [0.15, 0.2) is 0 Å². The first kappa shape index (κ1) is 44.5. The Morgan fingerprint density at radius 1 is 0.409 bits per heavy atom. The van der Waals surface area contributed by atoms with E-state index in [1.165, 1.54) is 141 Å². The second kappa shape index (κ2) is 36.3. The van der Waals surface area contributed by atoms with Crippen molar-refractivity contribution in [2.75, 3.05) is 19.8 Å². The summed E-state index contributed by atoms with van der Waals surface area (Å²) in [6.07, 6.45) is 36.8. The summed E-state index contributed by atoms with van der Waals surface area (Å²) in [6.45, 7) is 7.78. The van der Waals surface area contributed by atoms with E-state index in [9.17, 15) is 9.46 Å². The largest absolute Gasteiger partial charge is 0.481 e. The SMILES string of the molecule is CCCCCCCCCCCCOP(O)OP(=O)(OCCCCCCCCCCCC)OCCCCCCCCCCCC. The third kappa shape index (κ3) is 33.8. The van der Waals surface area contributed by atoms with Crippen LogP contribution in [0.25, 0.3) is 0 Å². The predicted octanol–water partition coefficient (Wildman–Crippen LogP) is 14.1. The van der Waals surface area contributed by atoms with Crippen LogP contribution in [0.5, 0.6) is 0 Å². The van der Waals surface area contributed by atoms with E-state index in [1.807, 2.05) is 0 Å². The molecule has 0 saturated carbocycles. The van der Waals surface area contributed by atoms with Gasteiger partial charge in [-0.25, -0.2) is 8.88 Å². The first-order valence-electron chi connectivity index (χ1n) is 19.3. The number of phosphoric ester groups is 1. The van der Waals surface area contributed by atoms with E-state index in [4.69, 9.17) is 17.9 Å². The lowest BCUT2D eigenvalue weighted by molar-refractivity contribution is 0.138. The van der Waals surface area contributed by atoms with Crippen LogP contribution in [-0.4, -0.2) is 24.7 Å². The average Bonchev–Trinajstić information content (AvgIpc) is 3.01. The summed E-state index contributed by atoms with van der Waals surface area (Å²) in [5.74, 6) is 0. The topological polar surface area (TPSA) is 74.2 Å². The van der Waals surface area contributed by atoms with Gasteiger partial charge in [0.1, 0.15) is 0 Å². The fourth-order valence-corrected chi connectivity index (χ4v) is 7.77. The van der Waals surface area contributed by atoms with E-state index < -0.39 is 16.4 Å². The van der Waals surface area contributed by atoms with Crippen molar-refractivity contribution in [1.29, 1.82) is 0 Å². The Morgan fingerprint density at radius 2 is 0.659 bits per heavy atom. The zero-order chi connectivity index (χ0) is 32.2. The van der Waals surface area contributed by atoms with Crippen molar-refractivity contribution in [2.45, 2.75) is 213 Å². The summed E-state index contributed by atoms with van der Waals surface area (Å²) in [4.78, 5) is 10.4. The molecule has 1 atom stereocenters. The van der Waals surface area contributed by atoms with Gasteiger partial charge in [-0.2, -0.15) is 0 Å². The average molecular weight is 667 g/mol. The minimum Gasteiger partial charge on any atom is -0.328 e. The van der Waals surface area contributed by atoms with Gasteiger partial charge in [0.25, 0.3) is 0 Å². The third-order valence-corrected chi connectivity index (χ3v) is 11.1. The van der Waals surface area contributed by atoms with Crippen LogP contribution < -0.4 is 0 Å². The molecular weight excluding hydrogens is 590 g/mol. The molecular formula is C36H76O6P2. The Hall–Kier alpha value is 0.460. The molecule has 0 aromatic heterocycles. The lowest BCUT2D eigenvalue weighted by atomic mass is 10.1. The van der Waals surface area contributed by atoms with Crippen molar-refractivity contribution in [2.24, 2.45) is 0 Å². The molecule has 0 aliphatic heterocycles. The number of unbranched alkanes of at least 4 members (excludes halogenated alkanes) is 27. The Labute approximate surface area is 276 Å². The molecule has 0 bridgehead atoms. The molecule has 0 heterocycles. The van der Waals surface area contributed by atoms with Gasteiger partial charge in [-0.15, -0.1) is 0 Å². The molecule has 0 aromatic carbocycles. The van der Waals surface area contributed by atoms with Crippen LogP contribution in [0.1, 0.15) is 213 Å². The van der Waals surface area contributed by atoms with Gasteiger partial charge in [0.2, 0.25) is 0 Å². The fourth-order valence-electron chi connectivity index (χ4n) is 5.46. The summed E-state index contributed by atoms with van der Waals surface area (Å²) in [7, 11) is -6.15. The van der Waals surface area contributed by atoms with E-state index in [0.717, 1.165) is 51.4 Å². The van der Waals surface area contributed by atoms with E-state index in [1.54, 1.807) is 0 Å². The number of hydrogen-bond donors (Lipinski definition) is 1. The molecule has 0 spiro atoms. The highest BCUT2D eigenvalue weighted by Crippen LogP contribution is 2.59. The van der Waals surface area contributed by atoms with Gasteiger partial charge in [0.15, 0.2) is 0 Å². The lowest BCUT2D eigenvalue weighted by Gasteiger charge is -2.20. The Kier molecular flexibility index (Phi) is 36.7. The van der Waals surface area contributed by atoms with Crippen LogP contribution in [0.3, 0.4) is 0 Å². The zero-order valence-electron chi connectivity index (χ0n) is 29.7. The maximum absolute atomic E-state index is 13.4. The minimum absolute atomic E-state index is 0.313. The quantitative estimate of drug-likeness (QED) is 0.0522. The second-order valence-electron chi connectivity index (χ2n) is 12.8. The molecule has 8 heteroatoms. The molecule has 1 unspecified atom stereocenters. The Balaban J connectivity index is 4.22. The van der Waals surface area contributed by atoms with E-state index >= 15 is 0 Å². The molecule has 0 aliphatic rings. The van der Waals surface area contributed by atoms with Crippen LogP contribution in [0.2, 0.25) is 0 Å². The molecule has 266 valence electrons. The molecule has 0 aliphatic carbocycles.